The lowest BCUT2D eigenvalue weighted by atomic mass is 10.2. The summed E-state index contributed by atoms with van der Waals surface area (Å²) in [5.74, 6) is 0.995. The van der Waals surface area contributed by atoms with Gasteiger partial charge in [-0.05, 0) is 51.5 Å². The van der Waals surface area contributed by atoms with Crippen molar-refractivity contribution in [2.45, 2.75) is 32.8 Å². The van der Waals surface area contributed by atoms with Gasteiger partial charge in [0.2, 0.25) is 0 Å². The van der Waals surface area contributed by atoms with E-state index in [2.05, 4.69) is 20.9 Å². The lowest BCUT2D eigenvalue weighted by molar-refractivity contribution is 0.0529. The van der Waals surface area contributed by atoms with E-state index >= 15 is 0 Å². The summed E-state index contributed by atoms with van der Waals surface area (Å²) in [5, 5.41) is 8.90. The zero-order chi connectivity index (χ0) is 19.4. The number of benzene rings is 1. The van der Waals surface area contributed by atoms with Crippen LogP contribution < -0.4 is 20.7 Å². The number of nitrogens with zero attached hydrogens (tertiary/aromatic N) is 1. The average Bonchev–Trinajstić information content (AvgIpc) is 2.56. The van der Waals surface area contributed by atoms with E-state index in [1.807, 2.05) is 20.8 Å². The van der Waals surface area contributed by atoms with Crippen LogP contribution >= 0.6 is 0 Å². The fraction of sp³-hybridized carbons (Fsp3) is 0.556. The Morgan fingerprint density at radius 3 is 2.31 bits per heavy atom. The van der Waals surface area contributed by atoms with Crippen LogP contribution in [0.4, 0.5) is 9.18 Å². The smallest absolute Gasteiger partial charge is 0.407 e. The highest BCUT2D eigenvalue weighted by atomic mass is 19.1. The number of guanidine groups is 1. The van der Waals surface area contributed by atoms with E-state index in [-0.39, 0.29) is 5.82 Å². The highest BCUT2D eigenvalue weighted by Gasteiger charge is 2.15. The van der Waals surface area contributed by atoms with Crippen LogP contribution in [0.1, 0.15) is 27.2 Å². The van der Waals surface area contributed by atoms with Crippen molar-refractivity contribution in [2.75, 3.05) is 33.3 Å². The minimum Gasteiger partial charge on any atom is -0.494 e. The number of hydrogen-bond donors (Lipinski definition) is 3. The molecule has 0 aliphatic rings. The van der Waals surface area contributed by atoms with E-state index in [1.165, 1.54) is 12.1 Å². The van der Waals surface area contributed by atoms with Gasteiger partial charge in [0.25, 0.3) is 0 Å². The molecule has 0 saturated carbocycles. The van der Waals surface area contributed by atoms with Gasteiger partial charge < -0.3 is 25.4 Å². The van der Waals surface area contributed by atoms with Crippen LogP contribution in [0, 0.1) is 5.82 Å². The van der Waals surface area contributed by atoms with Gasteiger partial charge in [0.1, 0.15) is 17.2 Å². The Bertz CT molecular complexity index is 571. The quantitative estimate of drug-likeness (QED) is 0.372. The second-order valence-corrected chi connectivity index (χ2v) is 6.51. The fourth-order valence-corrected chi connectivity index (χ4v) is 1.88. The molecule has 1 aromatic rings. The molecule has 0 fully saturated rings. The van der Waals surface area contributed by atoms with Crippen LogP contribution in [0.15, 0.2) is 29.3 Å². The molecule has 0 aliphatic heterocycles. The molecule has 0 aliphatic carbocycles. The minimum atomic E-state index is -0.509. The number of ether oxygens (including phenoxy) is 2. The van der Waals surface area contributed by atoms with E-state index in [4.69, 9.17) is 9.47 Å². The predicted molar refractivity (Wildman–Crippen MR) is 100 cm³/mol. The first-order valence-electron chi connectivity index (χ1n) is 8.60. The molecule has 3 N–H and O–H groups in total. The molecule has 0 atom stereocenters. The van der Waals surface area contributed by atoms with Gasteiger partial charge in [-0.1, -0.05) is 0 Å². The maximum absolute atomic E-state index is 12.8. The van der Waals surface area contributed by atoms with E-state index < -0.39 is 11.7 Å². The van der Waals surface area contributed by atoms with Gasteiger partial charge in [-0.3, -0.25) is 4.99 Å². The molecule has 1 rings (SSSR count). The van der Waals surface area contributed by atoms with Crippen LogP contribution in [0.5, 0.6) is 5.75 Å². The standard InChI is InChI=1S/C18H29FN4O3/c1-18(2,3)26-17(24)23-12-11-22-16(20-4)21-10-5-13-25-15-8-6-14(19)7-9-15/h6-9H,5,10-13H2,1-4H3,(H,23,24)(H2,20,21,22). The van der Waals surface area contributed by atoms with Crippen molar-refractivity contribution >= 4 is 12.1 Å². The summed E-state index contributed by atoms with van der Waals surface area (Å²) in [6.45, 7) is 7.56. The van der Waals surface area contributed by atoms with Gasteiger partial charge >= 0.3 is 6.09 Å². The summed E-state index contributed by atoms with van der Waals surface area (Å²) in [6, 6.07) is 5.93. The Balaban J connectivity index is 2.09. The number of rotatable bonds is 8. The van der Waals surface area contributed by atoms with Gasteiger partial charge in [0.05, 0.1) is 6.61 Å². The highest BCUT2D eigenvalue weighted by Crippen LogP contribution is 2.10. The first-order valence-corrected chi connectivity index (χ1v) is 8.60. The molecule has 1 amide bonds. The Morgan fingerprint density at radius 2 is 1.69 bits per heavy atom. The van der Waals surface area contributed by atoms with Crippen LogP contribution in [-0.4, -0.2) is 50.9 Å². The number of aliphatic imine (C=N–C) groups is 1. The molecule has 7 nitrogen and oxygen atoms in total. The van der Waals surface area contributed by atoms with Gasteiger partial charge in [0.15, 0.2) is 5.96 Å². The lowest BCUT2D eigenvalue weighted by Crippen LogP contribution is -2.42. The molecule has 0 spiro atoms. The topological polar surface area (TPSA) is 84.0 Å². The Morgan fingerprint density at radius 1 is 1.08 bits per heavy atom. The molecule has 146 valence electrons. The van der Waals surface area contributed by atoms with Crippen molar-refractivity contribution in [1.29, 1.82) is 0 Å². The van der Waals surface area contributed by atoms with Crippen molar-refractivity contribution < 1.29 is 18.7 Å². The molecule has 0 heterocycles. The maximum atomic E-state index is 12.8. The fourth-order valence-electron chi connectivity index (χ4n) is 1.88. The Kier molecular flexibility index (Phi) is 9.25. The van der Waals surface area contributed by atoms with Crippen molar-refractivity contribution in [3.05, 3.63) is 30.1 Å². The number of carbonyl (C=O) groups is 1. The molecule has 0 bridgehead atoms. The summed E-state index contributed by atoms with van der Waals surface area (Å²) in [4.78, 5) is 15.6. The zero-order valence-electron chi connectivity index (χ0n) is 15.9. The van der Waals surface area contributed by atoms with E-state index in [9.17, 15) is 9.18 Å². The molecule has 0 saturated heterocycles. The molecular weight excluding hydrogens is 339 g/mol. The zero-order valence-corrected chi connectivity index (χ0v) is 15.9. The van der Waals surface area contributed by atoms with Crippen LogP contribution in [0.2, 0.25) is 0 Å². The number of amides is 1. The summed E-state index contributed by atoms with van der Waals surface area (Å²) in [6.07, 6.45) is 0.314. The number of hydrogen-bond acceptors (Lipinski definition) is 4. The second kappa shape index (κ2) is 11.2. The minimum absolute atomic E-state index is 0.282. The van der Waals surface area contributed by atoms with Crippen molar-refractivity contribution in [1.82, 2.24) is 16.0 Å². The molecular formula is C18H29FN4O3. The van der Waals surface area contributed by atoms with Gasteiger partial charge in [-0.2, -0.15) is 0 Å². The van der Waals surface area contributed by atoms with Gasteiger partial charge in [0, 0.05) is 26.7 Å². The van der Waals surface area contributed by atoms with Crippen molar-refractivity contribution in [2.24, 2.45) is 4.99 Å². The van der Waals surface area contributed by atoms with Gasteiger partial charge in [-0.25, -0.2) is 9.18 Å². The normalized spacial score (nSPS) is 11.7. The SMILES string of the molecule is CN=C(NCCCOc1ccc(F)cc1)NCCNC(=O)OC(C)(C)C. The molecule has 8 heteroatoms. The number of halogens is 1. The molecule has 0 aromatic heterocycles. The third-order valence-corrected chi connectivity index (χ3v) is 3.01. The number of carbonyl (C=O) groups excluding carboxylic acids is 1. The van der Waals surface area contributed by atoms with Crippen molar-refractivity contribution in [3.8, 4) is 5.75 Å². The lowest BCUT2D eigenvalue weighted by Gasteiger charge is -2.19. The Hall–Kier alpha value is -2.51. The van der Waals surface area contributed by atoms with Gasteiger partial charge in [-0.15, -0.1) is 0 Å². The monoisotopic (exact) mass is 368 g/mol. The summed E-state index contributed by atoms with van der Waals surface area (Å²) >= 11 is 0. The van der Waals surface area contributed by atoms with Crippen LogP contribution in [0.25, 0.3) is 0 Å². The molecule has 0 unspecified atom stereocenters. The predicted octanol–water partition coefficient (Wildman–Crippen LogP) is 2.28. The van der Waals surface area contributed by atoms with Crippen molar-refractivity contribution in [3.63, 3.8) is 0 Å². The third-order valence-electron chi connectivity index (χ3n) is 3.01. The van der Waals surface area contributed by atoms with Crippen LogP contribution in [-0.2, 0) is 4.74 Å². The maximum Gasteiger partial charge on any atom is 0.407 e. The first kappa shape index (κ1) is 21.5. The van der Waals surface area contributed by atoms with E-state index in [0.717, 1.165) is 6.42 Å². The number of nitrogens with one attached hydrogen (secondary N) is 3. The summed E-state index contributed by atoms with van der Waals surface area (Å²) in [7, 11) is 1.67. The summed E-state index contributed by atoms with van der Waals surface area (Å²) < 4.78 is 23.4. The highest BCUT2D eigenvalue weighted by molar-refractivity contribution is 5.79. The largest absolute Gasteiger partial charge is 0.494 e. The molecule has 26 heavy (non-hydrogen) atoms. The Labute approximate surface area is 154 Å². The third kappa shape index (κ3) is 10.4. The number of alkyl carbamates (subject to hydrolysis) is 1. The average molecular weight is 368 g/mol. The van der Waals surface area contributed by atoms with Crippen LogP contribution in [0.3, 0.4) is 0 Å². The molecule has 1 aromatic carbocycles. The second-order valence-electron chi connectivity index (χ2n) is 6.51. The molecule has 0 radical (unpaired) electrons. The van der Waals surface area contributed by atoms with E-state index in [0.29, 0.717) is 38.0 Å². The first-order chi connectivity index (χ1) is 12.3. The summed E-state index contributed by atoms with van der Waals surface area (Å²) in [5.41, 5.74) is -0.509. The van der Waals surface area contributed by atoms with E-state index in [1.54, 1.807) is 19.2 Å².